The van der Waals surface area contributed by atoms with E-state index in [1.165, 1.54) is 7.11 Å². The summed E-state index contributed by atoms with van der Waals surface area (Å²) < 4.78 is 5.19. The minimum Gasteiger partial charge on any atom is -1.00 e. The first-order valence-corrected chi connectivity index (χ1v) is 3.28. The summed E-state index contributed by atoms with van der Waals surface area (Å²) in [6.07, 6.45) is 0. The first-order chi connectivity index (χ1) is 4.39. The third kappa shape index (κ3) is 4.58. The van der Waals surface area contributed by atoms with Crippen molar-refractivity contribution in [2.75, 3.05) is 28.3 Å². The second-order valence-electron chi connectivity index (χ2n) is 3.32. The van der Waals surface area contributed by atoms with E-state index in [2.05, 4.69) is 4.74 Å². The summed E-state index contributed by atoms with van der Waals surface area (Å²) in [4.78, 5) is 10.9. The lowest BCUT2D eigenvalue weighted by Crippen LogP contribution is -3.00. The molecule has 0 spiro atoms. The summed E-state index contributed by atoms with van der Waals surface area (Å²) in [6, 6.07) is -0.0926. The van der Waals surface area contributed by atoms with Gasteiger partial charge in [-0.3, -0.25) is 0 Å². The Kier molecular flexibility index (Phi) is 6.14. The molecule has 0 fully saturated rings. The average molecular weight is 273 g/mol. The van der Waals surface area contributed by atoms with Crippen LogP contribution >= 0.6 is 0 Å². The Morgan fingerprint density at radius 2 is 1.73 bits per heavy atom. The van der Waals surface area contributed by atoms with Gasteiger partial charge >= 0.3 is 5.97 Å². The lowest BCUT2D eigenvalue weighted by molar-refractivity contribution is -0.885. The van der Waals surface area contributed by atoms with Crippen LogP contribution in [0.5, 0.6) is 0 Å². The number of carbonyl (C=O) groups is 1. The molecule has 3 nitrogen and oxygen atoms in total. The van der Waals surface area contributed by atoms with Crippen LogP contribution in [0.25, 0.3) is 0 Å². The maximum absolute atomic E-state index is 10.9. The van der Waals surface area contributed by atoms with Gasteiger partial charge in [-0.2, -0.15) is 0 Å². The molecule has 0 aliphatic rings. The number of nitrogens with zero attached hydrogens (tertiary/aromatic N) is 1. The van der Waals surface area contributed by atoms with Gasteiger partial charge in [-0.1, -0.05) is 0 Å². The zero-order valence-corrected chi connectivity index (χ0v) is 9.88. The molecule has 0 aromatic carbocycles. The van der Waals surface area contributed by atoms with Crippen molar-refractivity contribution in [1.29, 1.82) is 0 Å². The minimum atomic E-state index is -0.160. The van der Waals surface area contributed by atoms with Gasteiger partial charge in [-0.05, 0) is 6.92 Å². The molecule has 0 aliphatic heterocycles. The summed E-state index contributed by atoms with van der Waals surface area (Å²) in [7, 11) is 7.29. The van der Waals surface area contributed by atoms with Crippen LogP contribution in [0.15, 0.2) is 0 Å². The van der Waals surface area contributed by atoms with Gasteiger partial charge in [0.25, 0.3) is 0 Å². The highest BCUT2D eigenvalue weighted by atomic mass is 127. The Morgan fingerprint density at radius 3 is 1.82 bits per heavy atom. The average Bonchev–Trinajstić information content (AvgIpc) is 1.83. The third-order valence-electron chi connectivity index (χ3n) is 1.70. The van der Waals surface area contributed by atoms with E-state index < -0.39 is 0 Å². The quantitative estimate of drug-likeness (QED) is 0.310. The van der Waals surface area contributed by atoms with Gasteiger partial charge < -0.3 is 33.2 Å². The maximum atomic E-state index is 10.9. The highest BCUT2D eigenvalue weighted by Crippen LogP contribution is 2.02. The molecule has 4 heteroatoms. The highest BCUT2D eigenvalue weighted by molar-refractivity contribution is 5.73. The summed E-state index contributed by atoms with van der Waals surface area (Å²) in [5, 5.41) is 0. The van der Waals surface area contributed by atoms with Crippen molar-refractivity contribution in [3.05, 3.63) is 0 Å². The van der Waals surface area contributed by atoms with Gasteiger partial charge in [0, 0.05) is 0 Å². The Hall–Kier alpha value is 0.160. The summed E-state index contributed by atoms with van der Waals surface area (Å²) in [6.45, 7) is 1.85. The summed E-state index contributed by atoms with van der Waals surface area (Å²) >= 11 is 0. The van der Waals surface area contributed by atoms with Crippen molar-refractivity contribution in [2.24, 2.45) is 0 Å². The number of rotatable bonds is 2. The monoisotopic (exact) mass is 273 g/mol. The molecule has 0 amide bonds. The summed E-state index contributed by atoms with van der Waals surface area (Å²) in [5.74, 6) is -0.160. The lowest BCUT2D eigenvalue weighted by Gasteiger charge is -2.29. The van der Waals surface area contributed by atoms with Crippen LogP contribution in [-0.4, -0.2) is 44.7 Å². The van der Waals surface area contributed by atoms with Gasteiger partial charge in [0.05, 0.1) is 28.3 Å². The first-order valence-electron chi connectivity index (χ1n) is 3.28. The highest BCUT2D eigenvalue weighted by Gasteiger charge is 2.26. The number of likely N-dealkylation sites (N-methyl/N-ethyl adjacent to an activating group) is 1. The molecule has 0 N–H and O–H groups in total. The van der Waals surface area contributed by atoms with E-state index in [-0.39, 0.29) is 36.0 Å². The number of methoxy groups -OCH3 is 1. The maximum Gasteiger partial charge on any atom is 0.364 e. The molecule has 11 heavy (non-hydrogen) atoms. The van der Waals surface area contributed by atoms with E-state index in [0.29, 0.717) is 4.48 Å². The number of carbonyl (C=O) groups excluding carboxylic acids is 1. The Balaban J connectivity index is 0. The van der Waals surface area contributed by atoms with Crippen LogP contribution in [-0.2, 0) is 9.53 Å². The van der Waals surface area contributed by atoms with Crippen molar-refractivity contribution < 1.29 is 38.0 Å². The second-order valence-corrected chi connectivity index (χ2v) is 3.32. The molecule has 0 unspecified atom stereocenters. The Bertz CT molecular complexity index is 131. The largest absolute Gasteiger partial charge is 1.00 e. The summed E-state index contributed by atoms with van der Waals surface area (Å²) in [5.41, 5.74) is 0. The normalized spacial score (nSPS) is 13.2. The van der Waals surface area contributed by atoms with Gasteiger partial charge in [0.15, 0.2) is 6.04 Å². The predicted molar refractivity (Wildman–Crippen MR) is 39.5 cm³/mol. The number of hydrogen-bond donors (Lipinski definition) is 0. The molecule has 0 heterocycles. The van der Waals surface area contributed by atoms with E-state index in [9.17, 15) is 4.79 Å². The SMILES string of the molecule is COC(=O)[C@H](C)[N+](C)(C)C.[I-]. The van der Waals surface area contributed by atoms with E-state index >= 15 is 0 Å². The number of ether oxygens (including phenoxy) is 1. The van der Waals surface area contributed by atoms with Gasteiger partial charge in [0.1, 0.15) is 0 Å². The predicted octanol–water partition coefficient (Wildman–Crippen LogP) is -2.74. The number of hydrogen-bond acceptors (Lipinski definition) is 2. The molecule has 1 atom stereocenters. The Labute approximate surface area is 85.3 Å². The fourth-order valence-electron chi connectivity index (χ4n) is 0.487. The molecular formula is C7H16INO2. The van der Waals surface area contributed by atoms with Gasteiger partial charge in [-0.25, -0.2) is 4.79 Å². The van der Waals surface area contributed by atoms with E-state index in [1.807, 2.05) is 28.1 Å². The zero-order chi connectivity index (χ0) is 8.36. The van der Waals surface area contributed by atoms with Crippen molar-refractivity contribution in [1.82, 2.24) is 0 Å². The topological polar surface area (TPSA) is 26.3 Å². The standard InChI is InChI=1S/C7H16NO2.HI/c1-6(7(9)10-5)8(2,3)4;/h6H,1-5H3;1H/q+1;/p-1/t6-;/m0./s1. The van der Waals surface area contributed by atoms with E-state index in [4.69, 9.17) is 0 Å². The fourth-order valence-corrected chi connectivity index (χ4v) is 0.487. The van der Waals surface area contributed by atoms with Gasteiger partial charge in [0.2, 0.25) is 0 Å². The van der Waals surface area contributed by atoms with Crippen LogP contribution < -0.4 is 24.0 Å². The van der Waals surface area contributed by atoms with Crippen LogP contribution in [0.1, 0.15) is 6.92 Å². The Morgan fingerprint density at radius 1 is 1.36 bits per heavy atom. The number of esters is 1. The second kappa shape index (κ2) is 4.92. The minimum absolute atomic E-state index is 0. The molecule has 0 saturated heterocycles. The molecule has 0 aromatic heterocycles. The molecule has 0 aromatic rings. The molecule has 0 aliphatic carbocycles. The van der Waals surface area contributed by atoms with Crippen molar-refractivity contribution in [2.45, 2.75) is 13.0 Å². The van der Waals surface area contributed by atoms with E-state index in [1.54, 1.807) is 0 Å². The lowest BCUT2D eigenvalue weighted by atomic mass is 10.3. The van der Waals surface area contributed by atoms with Crippen molar-refractivity contribution in [3.63, 3.8) is 0 Å². The molecule has 0 bridgehead atoms. The molecule has 0 saturated carbocycles. The van der Waals surface area contributed by atoms with Crippen LogP contribution in [0, 0.1) is 0 Å². The molecule has 0 rings (SSSR count). The first kappa shape index (κ1) is 13.7. The van der Waals surface area contributed by atoms with Crippen LogP contribution in [0.2, 0.25) is 0 Å². The smallest absolute Gasteiger partial charge is 0.364 e. The van der Waals surface area contributed by atoms with Gasteiger partial charge in [-0.15, -0.1) is 0 Å². The molecular weight excluding hydrogens is 257 g/mol. The number of halogens is 1. The molecule has 0 radical (unpaired) electrons. The van der Waals surface area contributed by atoms with Crippen molar-refractivity contribution >= 4 is 5.97 Å². The van der Waals surface area contributed by atoms with Crippen LogP contribution in [0.3, 0.4) is 0 Å². The zero-order valence-electron chi connectivity index (χ0n) is 7.72. The third-order valence-corrected chi connectivity index (χ3v) is 1.70. The van der Waals surface area contributed by atoms with Crippen LogP contribution in [0.4, 0.5) is 0 Å². The molecule has 68 valence electrons. The number of quaternary nitrogens is 1. The van der Waals surface area contributed by atoms with Crippen molar-refractivity contribution in [3.8, 4) is 0 Å². The van der Waals surface area contributed by atoms with E-state index in [0.717, 1.165) is 0 Å². The fraction of sp³-hybridized carbons (Fsp3) is 0.857.